The van der Waals surface area contributed by atoms with E-state index in [1.165, 1.54) is 81.0 Å². The first-order valence-electron chi connectivity index (χ1n) is 16.9. The first-order valence-corrected chi connectivity index (χ1v) is 19.8. The van der Waals surface area contributed by atoms with Crippen molar-refractivity contribution in [3.8, 4) is 34.5 Å². The van der Waals surface area contributed by atoms with Crippen LogP contribution in [0, 0.1) is 0 Å². The third kappa shape index (κ3) is 16.2. The van der Waals surface area contributed by atoms with Crippen molar-refractivity contribution in [2.24, 2.45) is 0 Å². The van der Waals surface area contributed by atoms with Crippen LogP contribution in [0.1, 0.15) is 89.2 Å². The average Bonchev–Trinajstić information content (AvgIpc) is 3.05. The van der Waals surface area contributed by atoms with Gasteiger partial charge >= 0.3 is 37.7 Å². The maximum atomic E-state index is 11.7. The van der Waals surface area contributed by atoms with Gasteiger partial charge in [-0.05, 0) is 91.4 Å². The molecule has 0 unspecified atom stereocenters. The minimum atomic E-state index is -4.76. The number of benzene rings is 4. The zero-order valence-electron chi connectivity index (χ0n) is 29.3. The summed E-state index contributed by atoms with van der Waals surface area (Å²) in [6.45, 7) is 4.40. The van der Waals surface area contributed by atoms with E-state index in [9.17, 15) is 31.6 Å². The summed E-state index contributed by atoms with van der Waals surface area (Å²) in [7, 11) is -9.21. The van der Waals surface area contributed by atoms with Crippen molar-refractivity contribution in [1.29, 1.82) is 0 Å². The monoisotopic (exact) mass is 766 g/mol. The van der Waals surface area contributed by atoms with Crippen LogP contribution in [0.3, 0.4) is 0 Å². The van der Waals surface area contributed by atoms with E-state index in [-0.39, 0.29) is 49.2 Å². The Morgan fingerprint density at radius 2 is 0.961 bits per heavy atom. The molecule has 0 bridgehead atoms. The summed E-state index contributed by atoms with van der Waals surface area (Å²) in [5.74, 6) is 0.211. The van der Waals surface area contributed by atoms with E-state index in [0.29, 0.717) is 11.5 Å². The van der Waals surface area contributed by atoms with Crippen molar-refractivity contribution in [1.82, 2.24) is 0 Å². The molecular weight excluding hydrogens is 721 g/mol. The van der Waals surface area contributed by atoms with Crippen molar-refractivity contribution in [3.63, 3.8) is 0 Å². The van der Waals surface area contributed by atoms with Crippen molar-refractivity contribution in [3.05, 3.63) is 96.1 Å². The Morgan fingerprint density at radius 1 is 0.569 bits per heavy atom. The van der Waals surface area contributed by atoms with E-state index in [1.54, 1.807) is 0 Å². The molecule has 0 aliphatic rings. The molecule has 4 aromatic rings. The fraction of sp³-hybridized carbons (Fsp3) is 0.368. The quantitative estimate of drug-likeness (QED) is 0.0568. The molecule has 0 spiro atoms. The Labute approximate surface area is 332 Å². The van der Waals surface area contributed by atoms with Crippen LogP contribution in [-0.2, 0) is 33.1 Å². The first-order chi connectivity index (χ1) is 23.8. The zero-order valence-corrected chi connectivity index (χ0v) is 33.1. The molecular formula is C38H46CaO10S2. The fourth-order valence-electron chi connectivity index (χ4n) is 5.12. The number of hydrogen-bond donors (Lipinski definition) is 2. The van der Waals surface area contributed by atoms with Gasteiger partial charge in [-0.3, -0.25) is 4.55 Å². The molecule has 0 aromatic heterocycles. The van der Waals surface area contributed by atoms with Crippen LogP contribution in [0.5, 0.6) is 34.5 Å². The van der Waals surface area contributed by atoms with Gasteiger partial charge in [0.05, 0.1) is 0 Å². The Balaban J connectivity index is 0.000000347. The van der Waals surface area contributed by atoms with Crippen LogP contribution in [-0.4, -0.2) is 68.8 Å². The molecule has 0 amide bonds. The molecule has 0 radical (unpaired) electrons. The number of hydrogen-bond acceptors (Lipinski definition) is 9. The minimum absolute atomic E-state index is 0. The van der Waals surface area contributed by atoms with Crippen LogP contribution in [0.4, 0.5) is 0 Å². The van der Waals surface area contributed by atoms with Crippen LogP contribution in [0.2, 0.25) is 0 Å². The molecule has 0 fully saturated rings. The molecule has 4 rings (SSSR count). The summed E-state index contributed by atoms with van der Waals surface area (Å²) in [5.41, 5.74) is 2.47. The Kier molecular flexibility index (Phi) is 19.4. The van der Waals surface area contributed by atoms with Crippen molar-refractivity contribution < 1.29 is 45.6 Å². The molecule has 0 heterocycles. The molecule has 2 N–H and O–H groups in total. The van der Waals surface area contributed by atoms with Gasteiger partial charge in [-0.1, -0.05) is 95.2 Å². The second-order valence-corrected chi connectivity index (χ2v) is 14.7. The second kappa shape index (κ2) is 22.3. The molecule has 0 aliphatic carbocycles. The largest absolute Gasteiger partial charge is 2.00 e. The number of unbranched alkanes of at least 4 members (excludes halogenated alkanes) is 8. The molecule has 10 nitrogen and oxygen atoms in total. The standard InChI is InChI=1S/2C19H24O5S.Ca/c2*1-2-3-4-5-6-7-15-8-10-16(11-9-15)24-17-12-13-19(18(20)14-17)25(21,22)23;/h2*8-14,20H,2-7H2,1H3,(H,21,22,23);/q;;+2/p-2. The Morgan fingerprint density at radius 3 is 1.33 bits per heavy atom. The third-order valence-electron chi connectivity index (χ3n) is 7.85. The van der Waals surface area contributed by atoms with Gasteiger partial charge in [0.1, 0.15) is 43.8 Å². The van der Waals surface area contributed by atoms with Crippen LogP contribution in [0.25, 0.3) is 0 Å². The number of rotatable bonds is 18. The summed E-state index contributed by atoms with van der Waals surface area (Å²) in [6, 6.07) is 22.2. The van der Waals surface area contributed by atoms with Gasteiger partial charge in [0, 0.05) is 11.0 Å². The minimum Gasteiger partial charge on any atom is -0.872 e. The first kappa shape index (κ1) is 44.3. The van der Waals surface area contributed by atoms with E-state index >= 15 is 0 Å². The Hall–Kier alpha value is -2.84. The molecule has 0 atom stereocenters. The van der Waals surface area contributed by atoms with Gasteiger partial charge in [-0.15, -0.1) is 0 Å². The van der Waals surface area contributed by atoms with Gasteiger partial charge in [0.15, 0.2) is 0 Å². The zero-order chi connectivity index (χ0) is 36.6. The summed E-state index contributed by atoms with van der Waals surface area (Å²) < 4.78 is 75.0. The normalized spacial score (nSPS) is 11.2. The average molecular weight is 767 g/mol. The Bertz CT molecular complexity index is 1710. The number of phenolic OH excluding ortho intramolecular Hbond substituents is 1. The van der Waals surface area contributed by atoms with Crippen molar-refractivity contribution >= 4 is 58.0 Å². The maximum absolute atomic E-state index is 11.7. The molecule has 4 aromatic carbocycles. The van der Waals surface area contributed by atoms with E-state index in [2.05, 4.69) is 13.8 Å². The predicted molar refractivity (Wildman–Crippen MR) is 195 cm³/mol. The summed E-state index contributed by atoms with van der Waals surface area (Å²) in [5, 5.41) is 21.4. The summed E-state index contributed by atoms with van der Waals surface area (Å²) in [6.07, 6.45) is 14.4. The topological polar surface area (TPSA) is 173 Å². The predicted octanol–water partition coefficient (Wildman–Crippen LogP) is 8.53. The van der Waals surface area contributed by atoms with Gasteiger partial charge in [-0.2, -0.15) is 8.42 Å². The maximum Gasteiger partial charge on any atom is 2.00 e. The van der Waals surface area contributed by atoms with E-state index in [4.69, 9.17) is 14.0 Å². The molecule has 272 valence electrons. The molecule has 51 heavy (non-hydrogen) atoms. The molecule has 0 saturated carbocycles. The molecule has 0 aliphatic heterocycles. The summed E-state index contributed by atoms with van der Waals surface area (Å²) in [4.78, 5) is -1.31. The van der Waals surface area contributed by atoms with Crippen molar-refractivity contribution in [2.75, 3.05) is 0 Å². The molecule has 13 heteroatoms. The van der Waals surface area contributed by atoms with Crippen LogP contribution in [0.15, 0.2) is 94.7 Å². The number of aryl methyl sites for hydroxylation is 2. The van der Waals surface area contributed by atoms with Gasteiger partial charge in [0.2, 0.25) is 0 Å². The smallest absolute Gasteiger partial charge is 0.872 e. The van der Waals surface area contributed by atoms with Crippen LogP contribution < -0.4 is 14.6 Å². The fourth-order valence-corrected chi connectivity index (χ4v) is 6.23. The van der Waals surface area contributed by atoms with Gasteiger partial charge in [0.25, 0.3) is 10.1 Å². The summed E-state index contributed by atoms with van der Waals surface area (Å²) >= 11 is 0. The number of ether oxygens (including phenoxy) is 2. The van der Waals surface area contributed by atoms with E-state index in [0.717, 1.165) is 43.5 Å². The van der Waals surface area contributed by atoms with Crippen LogP contribution >= 0.6 is 0 Å². The van der Waals surface area contributed by atoms with E-state index < -0.39 is 41.5 Å². The molecule has 0 saturated heterocycles. The number of phenols is 1. The van der Waals surface area contributed by atoms with Crippen molar-refractivity contribution in [2.45, 2.75) is 101 Å². The SMILES string of the molecule is CCCCCCCc1ccc(Oc2ccc(S(=O)(=O)O)c(O)c2)cc1.CCCCCCCc1ccc(Oc2ccc(S(=O)(=O)[O-])c([O-])c2)cc1.[Ca+2]. The second-order valence-electron chi connectivity index (χ2n) is 12.0. The van der Waals surface area contributed by atoms with E-state index in [1.807, 2.05) is 48.5 Å². The number of aromatic hydroxyl groups is 1. The van der Waals surface area contributed by atoms with Gasteiger partial charge < -0.3 is 24.2 Å². The third-order valence-corrected chi connectivity index (χ3v) is 9.63. The van der Waals surface area contributed by atoms with Gasteiger partial charge in [-0.25, -0.2) is 8.42 Å².